The van der Waals surface area contributed by atoms with Crippen molar-refractivity contribution < 1.29 is 28.5 Å². The Bertz CT molecular complexity index is 709. The summed E-state index contributed by atoms with van der Waals surface area (Å²) in [4.78, 5) is 24.7. The van der Waals surface area contributed by atoms with Crippen molar-refractivity contribution in [2.45, 2.75) is 70.6 Å². The van der Waals surface area contributed by atoms with Gasteiger partial charge in [0.15, 0.2) is 0 Å². The van der Waals surface area contributed by atoms with Crippen LogP contribution in [-0.2, 0) is 28.5 Å². The van der Waals surface area contributed by atoms with Crippen LogP contribution < -0.4 is 0 Å². The number of allylic oxidation sites excluding steroid dienone is 1. The van der Waals surface area contributed by atoms with E-state index in [0.717, 1.165) is 12.8 Å². The van der Waals surface area contributed by atoms with Crippen molar-refractivity contribution in [3.05, 3.63) is 11.6 Å². The highest BCUT2D eigenvalue weighted by atomic mass is 16.7. The van der Waals surface area contributed by atoms with Gasteiger partial charge >= 0.3 is 11.9 Å². The van der Waals surface area contributed by atoms with E-state index in [1.807, 2.05) is 13.8 Å². The Morgan fingerprint density at radius 3 is 2.73 bits per heavy atom. The molecule has 5 rings (SSSR count). The molecule has 6 nitrogen and oxygen atoms in total. The molecule has 0 N–H and O–H groups in total. The summed E-state index contributed by atoms with van der Waals surface area (Å²) in [5, 5.41) is 0. The predicted octanol–water partition coefficient (Wildman–Crippen LogP) is 2.01. The molecule has 2 aliphatic carbocycles. The lowest BCUT2D eigenvalue weighted by molar-refractivity contribution is -0.182. The first-order chi connectivity index (χ1) is 12.3. The molecule has 3 heterocycles. The summed E-state index contributed by atoms with van der Waals surface area (Å²) < 4.78 is 23.8. The van der Waals surface area contributed by atoms with Gasteiger partial charge in [-0.05, 0) is 26.7 Å². The fraction of sp³-hybridized carbons (Fsp3) is 0.800. The van der Waals surface area contributed by atoms with Gasteiger partial charge in [0.05, 0.1) is 12.5 Å². The summed E-state index contributed by atoms with van der Waals surface area (Å²) in [5.41, 5.74) is -0.0884. The zero-order chi connectivity index (χ0) is 18.4. The van der Waals surface area contributed by atoms with E-state index in [-0.39, 0.29) is 65.1 Å². The van der Waals surface area contributed by atoms with Crippen molar-refractivity contribution in [2.24, 2.45) is 23.2 Å². The second-order valence-electron chi connectivity index (χ2n) is 8.94. The average Bonchev–Trinajstić information content (AvgIpc) is 3.51. The number of hydrogen-bond acceptors (Lipinski definition) is 6. The molecule has 3 saturated heterocycles. The molecule has 1 spiro atoms. The predicted molar refractivity (Wildman–Crippen MR) is 90.0 cm³/mol. The maximum Gasteiger partial charge on any atom is 0.333 e. The van der Waals surface area contributed by atoms with E-state index >= 15 is 0 Å². The molecule has 3 aliphatic heterocycles. The van der Waals surface area contributed by atoms with Crippen LogP contribution in [0.2, 0.25) is 0 Å². The Hall–Kier alpha value is -1.40. The Labute approximate surface area is 153 Å². The highest BCUT2D eigenvalue weighted by Crippen LogP contribution is 2.68. The number of carbonyl (C=O) groups is 2. The monoisotopic (exact) mass is 362 g/mol. The van der Waals surface area contributed by atoms with Crippen LogP contribution in [0.3, 0.4) is 0 Å². The molecule has 5 fully saturated rings. The minimum Gasteiger partial charge on any atom is -0.461 e. The quantitative estimate of drug-likeness (QED) is 0.425. The fourth-order valence-electron chi connectivity index (χ4n) is 5.94. The van der Waals surface area contributed by atoms with Crippen molar-refractivity contribution in [1.82, 2.24) is 0 Å². The van der Waals surface area contributed by atoms with Crippen LogP contribution in [0.15, 0.2) is 11.6 Å². The van der Waals surface area contributed by atoms with Gasteiger partial charge in [-0.2, -0.15) is 0 Å². The first-order valence-electron chi connectivity index (χ1n) is 9.67. The van der Waals surface area contributed by atoms with E-state index in [4.69, 9.17) is 18.9 Å². The Morgan fingerprint density at radius 2 is 2.08 bits per heavy atom. The Balaban J connectivity index is 1.52. The Morgan fingerprint density at radius 1 is 1.35 bits per heavy atom. The molecule has 0 aromatic carbocycles. The number of rotatable bonds is 2. The summed E-state index contributed by atoms with van der Waals surface area (Å²) in [7, 11) is 0. The van der Waals surface area contributed by atoms with Crippen LogP contribution in [0.25, 0.3) is 0 Å². The van der Waals surface area contributed by atoms with Crippen LogP contribution in [0.4, 0.5) is 0 Å². The molecule has 0 aromatic heterocycles. The molecule has 0 aromatic rings. The van der Waals surface area contributed by atoms with Gasteiger partial charge in [-0.25, -0.2) is 4.79 Å². The van der Waals surface area contributed by atoms with Crippen LogP contribution in [0.5, 0.6) is 0 Å². The van der Waals surface area contributed by atoms with E-state index < -0.39 is 0 Å². The summed E-state index contributed by atoms with van der Waals surface area (Å²) in [5.74, 6) is -0.263. The number of hydrogen-bond donors (Lipinski definition) is 0. The van der Waals surface area contributed by atoms with Gasteiger partial charge in [0.2, 0.25) is 0 Å². The van der Waals surface area contributed by atoms with E-state index in [1.165, 1.54) is 0 Å². The van der Waals surface area contributed by atoms with Crippen LogP contribution in [0.1, 0.15) is 40.5 Å². The SMILES string of the molecule is CC=C(C)C(=O)OC1C2OC2C2(CO2)C2C3OC(=O)C(C)C3CCC12C. The largest absolute Gasteiger partial charge is 0.461 e. The minimum atomic E-state index is -0.369. The van der Waals surface area contributed by atoms with E-state index in [0.29, 0.717) is 12.2 Å². The smallest absolute Gasteiger partial charge is 0.333 e. The number of fused-ring (bicyclic) bond motifs is 6. The second kappa shape index (κ2) is 5.10. The fourth-order valence-corrected chi connectivity index (χ4v) is 5.94. The van der Waals surface area contributed by atoms with E-state index in [1.54, 1.807) is 13.0 Å². The van der Waals surface area contributed by atoms with Crippen molar-refractivity contribution in [1.29, 1.82) is 0 Å². The molecule has 26 heavy (non-hydrogen) atoms. The lowest BCUT2D eigenvalue weighted by Gasteiger charge is -2.53. The first-order valence-corrected chi connectivity index (χ1v) is 9.67. The Kier molecular flexibility index (Phi) is 3.29. The summed E-state index contributed by atoms with van der Waals surface area (Å²) in [6.45, 7) is 8.35. The second-order valence-corrected chi connectivity index (χ2v) is 8.94. The third-order valence-electron chi connectivity index (χ3n) is 7.69. The molecule has 9 atom stereocenters. The standard InChI is InChI=1S/C20H26O6/c1-5-9(2)17(21)26-15-13-16(24-13)20(8-23-20)14-12-11(6-7-19(14,15)4)10(3)18(22)25-12/h5,10-16H,6-8H2,1-4H3. The summed E-state index contributed by atoms with van der Waals surface area (Å²) >= 11 is 0. The topological polar surface area (TPSA) is 77.7 Å². The third-order valence-corrected chi connectivity index (χ3v) is 7.69. The zero-order valence-corrected chi connectivity index (χ0v) is 15.7. The van der Waals surface area contributed by atoms with Crippen LogP contribution in [0, 0.1) is 23.2 Å². The van der Waals surface area contributed by atoms with E-state index in [9.17, 15) is 9.59 Å². The van der Waals surface area contributed by atoms with Gasteiger partial charge in [-0.15, -0.1) is 0 Å². The molecule has 9 unspecified atom stereocenters. The minimum absolute atomic E-state index is 0.00936. The van der Waals surface area contributed by atoms with Crippen LogP contribution in [-0.4, -0.2) is 48.6 Å². The zero-order valence-electron chi connectivity index (χ0n) is 15.7. The molecule has 0 radical (unpaired) electrons. The average molecular weight is 362 g/mol. The van der Waals surface area contributed by atoms with Gasteiger partial charge in [0.1, 0.15) is 30.0 Å². The van der Waals surface area contributed by atoms with Crippen molar-refractivity contribution >= 4 is 11.9 Å². The van der Waals surface area contributed by atoms with Gasteiger partial charge in [-0.1, -0.05) is 19.9 Å². The molecule has 142 valence electrons. The van der Waals surface area contributed by atoms with Gasteiger partial charge in [0, 0.05) is 22.8 Å². The van der Waals surface area contributed by atoms with Gasteiger partial charge in [0.25, 0.3) is 0 Å². The molecule has 0 amide bonds. The van der Waals surface area contributed by atoms with Gasteiger partial charge in [-0.3, -0.25) is 4.79 Å². The normalized spacial score (nSPS) is 54.1. The molecular formula is C20H26O6. The molecule has 0 bridgehead atoms. The lowest BCUT2D eigenvalue weighted by Crippen LogP contribution is -2.63. The molecule has 2 saturated carbocycles. The highest BCUT2D eigenvalue weighted by Gasteiger charge is 2.82. The van der Waals surface area contributed by atoms with Crippen molar-refractivity contribution in [3.63, 3.8) is 0 Å². The number of esters is 2. The number of carbonyl (C=O) groups excluding carboxylic acids is 2. The summed E-state index contributed by atoms with van der Waals surface area (Å²) in [6, 6.07) is 0. The van der Waals surface area contributed by atoms with Gasteiger partial charge < -0.3 is 18.9 Å². The lowest BCUT2D eigenvalue weighted by atomic mass is 9.51. The van der Waals surface area contributed by atoms with E-state index in [2.05, 4.69) is 6.92 Å². The summed E-state index contributed by atoms with van der Waals surface area (Å²) in [6.07, 6.45) is 2.87. The van der Waals surface area contributed by atoms with Crippen molar-refractivity contribution in [2.75, 3.05) is 6.61 Å². The van der Waals surface area contributed by atoms with Crippen molar-refractivity contribution in [3.8, 4) is 0 Å². The van der Waals surface area contributed by atoms with Crippen LogP contribution >= 0.6 is 0 Å². The first kappa shape index (κ1) is 16.8. The molecular weight excluding hydrogens is 336 g/mol. The molecule has 6 heteroatoms. The third kappa shape index (κ3) is 1.95. The maximum absolute atomic E-state index is 12.5. The highest BCUT2D eigenvalue weighted by molar-refractivity contribution is 5.87. The molecule has 5 aliphatic rings. The maximum atomic E-state index is 12.5. The number of epoxide rings is 2. The number of ether oxygens (including phenoxy) is 4.